The molecular formula is C15H17BrN2O2. The molecule has 0 amide bonds. The number of aromatic nitrogens is 1. The second-order valence-electron chi connectivity index (χ2n) is 4.66. The lowest BCUT2D eigenvalue weighted by molar-refractivity contribution is -0.137. The van der Waals surface area contributed by atoms with Gasteiger partial charge in [0.05, 0.1) is 11.2 Å². The maximum atomic E-state index is 10.4. The summed E-state index contributed by atoms with van der Waals surface area (Å²) in [4.78, 5) is 14.8. The average Bonchev–Trinajstić information content (AvgIpc) is 2.42. The minimum atomic E-state index is -0.721. The Kier molecular flexibility index (Phi) is 5.35. The minimum absolute atomic E-state index is 0.254. The molecule has 0 atom stereocenters. The summed E-state index contributed by atoms with van der Waals surface area (Å²) in [6.45, 7) is 0.830. The lowest BCUT2D eigenvalue weighted by atomic mass is 10.1. The van der Waals surface area contributed by atoms with Crippen LogP contribution < -0.4 is 5.32 Å². The summed E-state index contributed by atoms with van der Waals surface area (Å²) < 4.78 is 0.968. The van der Waals surface area contributed by atoms with E-state index >= 15 is 0 Å². The van der Waals surface area contributed by atoms with Gasteiger partial charge in [0, 0.05) is 29.0 Å². The van der Waals surface area contributed by atoms with Crippen LogP contribution in [0.1, 0.15) is 25.7 Å². The van der Waals surface area contributed by atoms with Gasteiger partial charge in [-0.3, -0.25) is 9.78 Å². The second-order valence-corrected chi connectivity index (χ2v) is 5.58. The molecule has 0 unspecified atom stereocenters. The molecule has 0 spiro atoms. The zero-order valence-electron chi connectivity index (χ0n) is 11.1. The third-order valence-electron chi connectivity index (χ3n) is 3.06. The maximum absolute atomic E-state index is 10.4. The fraction of sp³-hybridized carbons (Fsp3) is 0.333. The van der Waals surface area contributed by atoms with Gasteiger partial charge in [-0.05, 0) is 40.9 Å². The number of carboxylic acids is 1. The Morgan fingerprint density at radius 1 is 1.30 bits per heavy atom. The molecular weight excluding hydrogens is 320 g/mol. The van der Waals surface area contributed by atoms with Gasteiger partial charge in [-0.25, -0.2) is 0 Å². The Morgan fingerprint density at radius 2 is 2.15 bits per heavy atom. The zero-order valence-corrected chi connectivity index (χ0v) is 12.7. The van der Waals surface area contributed by atoms with E-state index in [-0.39, 0.29) is 6.42 Å². The van der Waals surface area contributed by atoms with Crippen LogP contribution in [0.15, 0.2) is 34.9 Å². The Hall–Kier alpha value is -1.62. The van der Waals surface area contributed by atoms with Gasteiger partial charge in [-0.2, -0.15) is 0 Å². The minimum Gasteiger partial charge on any atom is -0.481 e. The van der Waals surface area contributed by atoms with Crippen molar-refractivity contribution in [2.75, 3.05) is 11.9 Å². The third kappa shape index (κ3) is 4.20. The summed E-state index contributed by atoms with van der Waals surface area (Å²) in [5.41, 5.74) is 1.98. The molecule has 2 aromatic rings. The Morgan fingerprint density at radius 3 is 2.95 bits per heavy atom. The number of nitrogens with zero attached hydrogens (tertiary/aromatic N) is 1. The lowest BCUT2D eigenvalue weighted by Crippen LogP contribution is -2.03. The number of benzene rings is 1. The molecule has 1 heterocycles. The van der Waals surface area contributed by atoms with Gasteiger partial charge in [0.25, 0.3) is 0 Å². The summed E-state index contributed by atoms with van der Waals surface area (Å²) in [7, 11) is 0. The number of unbranched alkanes of at least 4 members (excludes halogenated alkanes) is 2. The smallest absolute Gasteiger partial charge is 0.303 e. The van der Waals surface area contributed by atoms with Crippen LogP contribution in [0.2, 0.25) is 0 Å². The van der Waals surface area contributed by atoms with E-state index in [1.54, 1.807) is 6.20 Å². The number of rotatable bonds is 7. The van der Waals surface area contributed by atoms with Crippen LogP contribution in [-0.4, -0.2) is 22.6 Å². The van der Waals surface area contributed by atoms with Crippen LogP contribution in [-0.2, 0) is 4.79 Å². The molecule has 0 aliphatic rings. The number of carbonyl (C=O) groups is 1. The highest BCUT2D eigenvalue weighted by atomic mass is 79.9. The van der Waals surface area contributed by atoms with Crippen LogP contribution >= 0.6 is 15.9 Å². The van der Waals surface area contributed by atoms with Gasteiger partial charge in [0.15, 0.2) is 0 Å². The fourth-order valence-electron chi connectivity index (χ4n) is 2.08. The molecule has 0 saturated heterocycles. The van der Waals surface area contributed by atoms with Crippen molar-refractivity contribution in [3.63, 3.8) is 0 Å². The largest absolute Gasteiger partial charge is 0.481 e. The SMILES string of the molecule is O=C(O)CCCCCNc1cccc2cc(Br)cnc12. The fourth-order valence-corrected chi connectivity index (χ4v) is 2.43. The average molecular weight is 337 g/mol. The number of anilines is 1. The van der Waals surface area contributed by atoms with Crippen molar-refractivity contribution in [1.82, 2.24) is 4.98 Å². The van der Waals surface area contributed by atoms with Gasteiger partial charge in [0.1, 0.15) is 0 Å². The lowest BCUT2D eigenvalue weighted by Gasteiger charge is -2.09. The van der Waals surface area contributed by atoms with Crippen molar-refractivity contribution in [3.05, 3.63) is 34.9 Å². The number of nitrogens with one attached hydrogen (secondary N) is 1. The van der Waals surface area contributed by atoms with Gasteiger partial charge in [-0.1, -0.05) is 18.6 Å². The monoisotopic (exact) mass is 336 g/mol. The Bertz CT molecular complexity index is 601. The number of aliphatic carboxylic acids is 1. The first-order valence-corrected chi connectivity index (χ1v) is 7.46. The molecule has 2 N–H and O–H groups in total. The maximum Gasteiger partial charge on any atom is 0.303 e. The second kappa shape index (κ2) is 7.24. The molecule has 2 rings (SSSR count). The van der Waals surface area contributed by atoms with E-state index in [0.717, 1.165) is 46.9 Å². The molecule has 106 valence electrons. The third-order valence-corrected chi connectivity index (χ3v) is 3.49. The summed E-state index contributed by atoms with van der Waals surface area (Å²) in [6, 6.07) is 8.09. The molecule has 5 heteroatoms. The van der Waals surface area contributed by atoms with E-state index < -0.39 is 5.97 Å². The number of hydrogen-bond acceptors (Lipinski definition) is 3. The molecule has 4 nitrogen and oxygen atoms in total. The van der Waals surface area contributed by atoms with E-state index in [1.807, 2.05) is 24.3 Å². The van der Waals surface area contributed by atoms with Crippen molar-refractivity contribution in [2.24, 2.45) is 0 Å². The standard InChI is InChI=1S/C15H17BrN2O2/c16-12-9-11-5-4-6-13(15(11)18-10-12)17-8-3-1-2-7-14(19)20/h4-6,9-10,17H,1-3,7-8H2,(H,19,20). The summed E-state index contributed by atoms with van der Waals surface area (Å²) in [6.07, 6.45) is 4.66. The molecule has 0 aliphatic heterocycles. The number of carboxylic acid groups (broad SMARTS) is 1. The number of fused-ring (bicyclic) bond motifs is 1. The van der Waals surface area contributed by atoms with E-state index in [1.165, 1.54) is 0 Å². The highest BCUT2D eigenvalue weighted by molar-refractivity contribution is 9.10. The summed E-state index contributed by atoms with van der Waals surface area (Å²) in [5.74, 6) is -0.721. The molecule has 1 aromatic heterocycles. The molecule has 0 aliphatic carbocycles. The summed E-state index contributed by atoms with van der Waals surface area (Å²) >= 11 is 3.42. The number of halogens is 1. The van der Waals surface area contributed by atoms with Gasteiger partial charge in [0.2, 0.25) is 0 Å². The van der Waals surface area contributed by atoms with Gasteiger partial charge in [-0.15, -0.1) is 0 Å². The van der Waals surface area contributed by atoms with Crippen molar-refractivity contribution in [2.45, 2.75) is 25.7 Å². The number of pyridine rings is 1. The van der Waals surface area contributed by atoms with Gasteiger partial charge < -0.3 is 10.4 Å². The Labute approximate surface area is 126 Å². The molecule has 20 heavy (non-hydrogen) atoms. The van der Waals surface area contributed by atoms with Crippen molar-refractivity contribution in [3.8, 4) is 0 Å². The molecule has 0 fully saturated rings. The normalized spacial score (nSPS) is 10.7. The summed E-state index contributed by atoms with van der Waals surface area (Å²) in [5, 5.41) is 13.0. The highest BCUT2D eigenvalue weighted by Crippen LogP contribution is 2.23. The van der Waals surface area contributed by atoms with E-state index in [4.69, 9.17) is 5.11 Å². The molecule has 0 radical (unpaired) electrons. The topological polar surface area (TPSA) is 62.2 Å². The first-order valence-electron chi connectivity index (χ1n) is 6.67. The van der Waals surface area contributed by atoms with Crippen molar-refractivity contribution < 1.29 is 9.90 Å². The predicted octanol–water partition coefficient (Wildman–Crippen LogP) is 4.05. The van der Waals surface area contributed by atoms with Gasteiger partial charge >= 0.3 is 5.97 Å². The van der Waals surface area contributed by atoms with Crippen molar-refractivity contribution in [1.29, 1.82) is 0 Å². The van der Waals surface area contributed by atoms with Crippen LogP contribution in [0.5, 0.6) is 0 Å². The Balaban J connectivity index is 1.88. The number of hydrogen-bond donors (Lipinski definition) is 2. The molecule has 0 saturated carbocycles. The quantitative estimate of drug-likeness (QED) is 0.748. The first-order chi connectivity index (χ1) is 9.66. The zero-order chi connectivity index (χ0) is 14.4. The van der Waals surface area contributed by atoms with E-state index in [9.17, 15) is 4.79 Å². The first kappa shape index (κ1) is 14.8. The molecule has 0 bridgehead atoms. The van der Waals surface area contributed by atoms with Crippen molar-refractivity contribution >= 4 is 38.5 Å². The number of para-hydroxylation sites is 1. The van der Waals surface area contributed by atoms with Crippen LogP contribution in [0.4, 0.5) is 5.69 Å². The molecule has 1 aromatic carbocycles. The van der Waals surface area contributed by atoms with Crippen LogP contribution in [0, 0.1) is 0 Å². The van der Waals surface area contributed by atoms with Crippen LogP contribution in [0.3, 0.4) is 0 Å². The van der Waals surface area contributed by atoms with Crippen LogP contribution in [0.25, 0.3) is 10.9 Å². The van der Waals surface area contributed by atoms with E-state index in [2.05, 4.69) is 26.2 Å². The van der Waals surface area contributed by atoms with E-state index in [0.29, 0.717) is 0 Å². The predicted molar refractivity (Wildman–Crippen MR) is 84.0 cm³/mol. The highest BCUT2D eigenvalue weighted by Gasteiger charge is 2.02.